The molecule has 2 heterocycles. The minimum atomic E-state index is -0.947. The van der Waals surface area contributed by atoms with Crippen molar-refractivity contribution in [2.24, 2.45) is 0 Å². The van der Waals surface area contributed by atoms with Gasteiger partial charge in [0.05, 0.1) is 0 Å². The molecule has 2 N–H and O–H groups in total. The standard InChI is InChI=1S/C18H17NO4/c1-3-11-9-12(17-15(20)16(21)18(22)23-17)6-7-14(11)13-5-4-8-19-10(13)2/h4-9,17,20-21H,3H2,1-2H3. The van der Waals surface area contributed by atoms with E-state index in [0.717, 1.165) is 28.8 Å². The van der Waals surface area contributed by atoms with Crippen molar-refractivity contribution >= 4 is 5.97 Å². The summed E-state index contributed by atoms with van der Waals surface area (Å²) in [5, 5.41) is 19.3. The van der Waals surface area contributed by atoms with Gasteiger partial charge in [-0.15, -0.1) is 0 Å². The Morgan fingerprint density at radius 3 is 2.61 bits per heavy atom. The number of aliphatic hydroxyl groups is 2. The van der Waals surface area contributed by atoms with Crippen LogP contribution in [-0.4, -0.2) is 21.2 Å². The monoisotopic (exact) mass is 311 g/mol. The van der Waals surface area contributed by atoms with Gasteiger partial charge in [0, 0.05) is 23.0 Å². The number of rotatable bonds is 3. The third kappa shape index (κ3) is 2.54. The third-order valence-corrected chi connectivity index (χ3v) is 4.02. The molecule has 1 aliphatic heterocycles. The number of pyridine rings is 1. The molecule has 0 spiro atoms. The topological polar surface area (TPSA) is 79.7 Å². The van der Waals surface area contributed by atoms with Gasteiger partial charge in [-0.05, 0) is 30.5 Å². The summed E-state index contributed by atoms with van der Waals surface area (Å²) in [5.41, 5.74) is 4.71. The smallest absolute Gasteiger partial charge is 0.378 e. The molecule has 2 aromatic rings. The number of hydrogen-bond acceptors (Lipinski definition) is 5. The number of aliphatic hydroxyl groups excluding tert-OH is 2. The Kier molecular flexibility index (Phi) is 3.78. The Labute approximate surface area is 133 Å². The van der Waals surface area contributed by atoms with E-state index in [2.05, 4.69) is 4.98 Å². The molecule has 118 valence electrons. The second kappa shape index (κ2) is 5.76. The zero-order chi connectivity index (χ0) is 16.6. The van der Waals surface area contributed by atoms with E-state index in [0.29, 0.717) is 5.56 Å². The summed E-state index contributed by atoms with van der Waals surface area (Å²) in [6.45, 7) is 3.98. The van der Waals surface area contributed by atoms with Crippen molar-refractivity contribution in [2.75, 3.05) is 0 Å². The highest BCUT2D eigenvalue weighted by Gasteiger charge is 2.35. The first-order chi connectivity index (χ1) is 11.0. The lowest BCUT2D eigenvalue weighted by molar-refractivity contribution is -0.142. The molecule has 0 radical (unpaired) electrons. The average Bonchev–Trinajstić information content (AvgIpc) is 2.82. The van der Waals surface area contributed by atoms with E-state index in [1.807, 2.05) is 38.1 Å². The molecule has 0 amide bonds. The molecule has 23 heavy (non-hydrogen) atoms. The fraction of sp³-hybridized carbons (Fsp3) is 0.222. The quantitative estimate of drug-likeness (QED) is 0.847. The number of aryl methyl sites for hydroxylation is 2. The molecule has 0 saturated carbocycles. The van der Waals surface area contributed by atoms with E-state index >= 15 is 0 Å². The molecular weight excluding hydrogens is 294 g/mol. The zero-order valence-electron chi connectivity index (χ0n) is 12.9. The van der Waals surface area contributed by atoms with E-state index in [9.17, 15) is 15.0 Å². The number of ether oxygens (including phenoxy) is 1. The van der Waals surface area contributed by atoms with Gasteiger partial charge >= 0.3 is 5.97 Å². The normalized spacial score (nSPS) is 17.5. The van der Waals surface area contributed by atoms with E-state index < -0.39 is 23.6 Å². The fourth-order valence-electron chi connectivity index (χ4n) is 2.77. The number of carbonyl (C=O) groups is 1. The highest BCUT2D eigenvalue weighted by atomic mass is 16.6. The lowest BCUT2D eigenvalue weighted by Gasteiger charge is -2.15. The number of cyclic esters (lactones) is 1. The number of nitrogens with zero attached hydrogens (tertiary/aromatic N) is 1. The van der Waals surface area contributed by atoms with Crippen molar-refractivity contribution < 1.29 is 19.7 Å². The highest BCUT2D eigenvalue weighted by Crippen LogP contribution is 2.35. The highest BCUT2D eigenvalue weighted by molar-refractivity contribution is 5.89. The summed E-state index contributed by atoms with van der Waals surface area (Å²) in [7, 11) is 0. The summed E-state index contributed by atoms with van der Waals surface area (Å²) in [4.78, 5) is 15.7. The molecule has 1 unspecified atom stereocenters. The van der Waals surface area contributed by atoms with Crippen molar-refractivity contribution in [3.8, 4) is 11.1 Å². The van der Waals surface area contributed by atoms with Crippen molar-refractivity contribution in [1.82, 2.24) is 4.98 Å². The number of benzene rings is 1. The van der Waals surface area contributed by atoms with Crippen LogP contribution in [0.4, 0.5) is 0 Å². The van der Waals surface area contributed by atoms with Crippen molar-refractivity contribution in [3.05, 3.63) is 64.9 Å². The minimum absolute atomic E-state index is 0.442. The molecule has 1 aromatic carbocycles. The van der Waals surface area contributed by atoms with Gasteiger partial charge in [0.2, 0.25) is 5.76 Å². The molecule has 1 atom stereocenters. The molecule has 0 saturated heterocycles. The molecule has 5 heteroatoms. The average molecular weight is 311 g/mol. The van der Waals surface area contributed by atoms with Crippen LogP contribution in [0.3, 0.4) is 0 Å². The maximum absolute atomic E-state index is 11.4. The number of esters is 1. The Morgan fingerprint density at radius 2 is 2.00 bits per heavy atom. The van der Waals surface area contributed by atoms with Gasteiger partial charge in [-0.3, -0.25) is 4.98 Å². The zero-order valence-corrected chi connectivity index (χ0v) is 12.9. The van der Waals surface area contributed by atoms with Crippen LogP contribution in [0.25, 0.3) is 11.1 Å². The number of aromatic nitrogens is 1. The van der Waals surface area contributed by atoms with E-state index in [-0.39, 0.29) is 0 Å². The van der Waals surface area contributed by atoms with Crippen molar-refractivity contribution in [1.29, 1.82) is 0 Å². The summed E-state index contributed by atoms with van der Waals surface area (Å²) in [6.07, 6.45) is 1.58. The molecule has 0 aliphatic carbocycles. The second-order valence-electron chi connectivity index (χ2n) is 5.43. The van der Waals surface area contributed by atoms with E-state index in [1.165, 1.54) is 0 Å². The van der Waals surface area contributed by atoms with Crippen LogP contribution in [0.2, 0.25) is 0 Å². The lowest BCUT2D eigenvalue weighted by atomic mass is 9.93. The van der Waals surface area contributed by atoms with Gasteiger partial charge in [-0.1, -0.05) is 31.2 Å². The van der Waals surface area contributed by atoms with Crippen LogP contribution in [0.5, 0.6) is 0 Å². The SMILES string of the molecule is CCc1cc(C2OC(=O)C(O)=C2O)ccc1-c1cccnc1C. The number of hydrogen-bond donors (Lipinski definition) is 2. The van der Waals surface area contributed by atoms with Crippen molar-refractivity contribution in [3.63, 3.8) is 0 Å². The van der Waals surface area contributed by atoms with Gasteiger partial charge < -0.3 is 14.9 Å². The predicted molar refractivity (Wildman–Crippen MR) is 84.9 cm³/mol. The van der Waals surface area contributed by atoms with Gasteiger partial charge in [-0.25, -0.2) is 4.79 Å². The van der Waals surface area contributed by atoms with Gasteiger partial charge in [0.15, 0.2) is 11.9 Å². The maximum atomic E-state index is 11.4. The van der Waals surface area contributed by atoms with Gasteiger partial charge in [-0.2, -0.15) is 0 Å². The van der Waals surface area contributed by atoms with Gasteiger partial charge in [0.1, 0.15) is 0 Å². The first-order valence-electron chi connectivity index (χ1n) is 7.40. The van der Waals surface area contributed by atoms with Crippen LogP contribution in [0.1, 0.15) is 29.8 Å². The third-order valence-electron chi connectivity index (χ3n) is 4.02. The van der Waals surface area contributed by atoms with E-state index in [4.69, 9.17) is 4.74 Å². The molecule has 5 nitrogen and oxygen atoms in total. The largest absolute Gasteiger partial charge is 0.505 e. The van der Waals surface area contributed by atoms with Crippen LogP contribution >= 0.6 is 0 Å². The first kappa shape index (κ1) is 15.1. The molecule has 3 rings (SSSR count). The number of carbonyl (C=O) groups excluding carboxylic acids is 1. The van der Waals surface area contributed by atoms with Crippen LogP contribution in [0.15, 0.2) is 48.0 Å². The van der Waals surface area contributed by atoms with Crippen LogP contribution < -0.4 is 0 Å². The van der Waals surface area contributed by atoms with Crippen LogP contribution in [-0.2, 0) is 16.0 Å². The molecule has 1 aliphatic rings. The summed E-state index contributed by atoms with van der Waals surface area (Å²) >= 11 is 0. The summed E-state index contributed by atoms with van der Waals surface area (Å²) in [5.74, 6) is -2.07. The summed E-state index contributed by atoms with van der Waals surface area (Å²) in [6, 6.07) is 9.49. The molecule has 0 fully saturated rings. The summed E-state index contributed by atoms with van der Waals surface area (Å²) < 4.78 is 5.02. The fourth-order valence-corrected chi connectivity index (χ4v) is 2.77. The van der Waals surface area contributed by atoms with Crippen LogP contribution in [0, 0.1) is 6.92 Å². The van der Waals surface area contributed by atoms with E-state index in [1.54, 1.807) is 12.3 Å². The predicted octanol–water partition coefficient (Wildman–Crippen LogP) is 3.54. The second-order valence-corrected chi connectivity index (χ2v) is 5.43. The molecular formula is C18H17NO4. The van der Waals surface area contributed by atoms with Gasteiger partial charge in [0.25, 0.3) is 0 Å². The first-order valence-corrected chi connectivity index (χ1v) is 7.40. The lowest BCUT2D eigenvalue weighted by Crippen LogP contribution is -2.04. The van der Waals surface area contributed by atoms with Crippen molar-refractivity contribution in [2.45, 2.75) is 26.4 Å². The Hall–Kier alpha value is -2.82. The molecule has 0 bridgehead atoms. The maximum Gasteiger partial charge on any atom is 0.378 e. The minimum Gasteiger partial charge on any atom is -0.505 e. The Balaban J connectivity index is 2.05. The Morgan fingerprint density at radius 1 is 1.22 bits per heavy atom. The molecule has 1 aromatic heterocycles. The Bertz CT molecular complexity index is 810.